The number of rotatable bonds is 5. The number of thioether (sulfide) groups is 1. The van der Waals surface area contributed by atoms with Crippen LogP contribution in [0.4, 0.5) is 5.69 Å². The van der Waals surface area contributed by atoms with Gasteiger partial charge in [0, 0.05) is 18.7 Å². The lowest BCUT2D eigenvalue weighted by molar-refractivity contribution is 0.374. The highest BCUT2D eigenvalue weighted by Crippen LogP contribution is 2.38. The molecular weight excluding hydrogens is 270 g/mol. The SMILES string of the molecule is Cc1ccc(NCCc2nc(C3CCCS3)no2)cc1. The number of benzene rings is 1. The van der Waals surface area contributed by atoms with Crippen LogP contribution in [-0.4, -0.2) is 22.4 Å². The lowest BCUT2D eigenvalue weighted by atomic mass is 10.2. The lowest BCUT2D eigenvalue weighted by Gasteiger charge is -2.04. The fourth-order valence-corrected chi connectivity index (χ4v) is 3.46. The van der Waals surface area contributed by atoms with Crippen molar-refractivity contribution < 1.29 is 4.52 Å². The quantitative estimate of drug-likeness (QED) is 0.911. The van der Waals surface area contributed by atoms with Gasteiger partial charge in [-0.25, -0.2) is 0 Å². The van der Waals surface area contributed by atoms with Crippen molar-refractivity contribution in [2.75, 3.05) is 17.6 Å². The molecule has 0 saturated carbocycles. The van der Waals surface area contributed by atoms with Crippen molar-refractivity contribution in [2.24, 2.45) is 0 Å². The highest BCUT2D eigenvalue weighted by molar-refractivity contribution is 7.99. The van der Waals surface area contributed by atoms with Crippen molar-refractivity contribution >= 4 is 17.4 Å². The molecule has 1 unspecified atom stereocenters. The first-order valence-electron chi connectivity index (χ1n) is 7.06. The van der Waals surface area contributed by atoms with Crippen LogP contribution in [0.1, 0.15) is 35.4 Å². The van der Waals surface area contributed by atoms with E-state index in [-0.39, 0.29) is 0 Å². The van der Waals surface area contributed by atoms with Crippen molar-refractivity contribution in [3.05, 3.63) is 41.5 Å². The zero-order chi connectivity index (χ0) is 13.8. The third kappa shape index (κ3) is 3.33. The van der Waals surface area contributed by atoms with Crippen LogP contribution < -0.4 is 5.32 Å². The van der Waals surface area contributed by atoms with Crippen LogP contribution in [0.2, 0.25) is 0 Å². The molecule has 0 aliphatic carbocycles. The second-order valence-electron chi connectivity index (χ2n) is 5.09. The van der Waals surface area contributed by atoms with Gasteiger partial charge >= 0.3 is 0 Å². The Bertz CT molecular complexity index is 547. The third-order valence-corrected chi connectivity index (χ3v) is 4.79. The Morgan fingerprint density at radius 1 is 1.35 bits per heavy atom. The average molecular weight is 289 g/mol. The highest BCUT2D eigenvalue weighted by atomic mass is 32.2. The van der Waals surface area contributed by atoms with E-state index in [1.54, 1.807) is 0 Å². The molecule has 106 valence electrons. The third-order valence-electron chi connectivity index (χ3n) is 3.42. The number of aryl methyl sites for hydroxylation is 1. The molecule has 4 nitrogen and oxygen atoms in total. The van der Waals surface area contributed by atoms with Crippen molar-refractivity contribution in [2.45, 2.75) is 31.4 Å². The Kier molecular flexibility index (Phi) is 4.25. The monoisotopic (exact) mass is 289 g/mol. The van der Waals surface area contributed by atoms with Gasteiger partial charge in [0.2, 0.25) is 5.89 Å². The second-order valence-corrected chi connectivity index (χ2v) is 6.40. The number of hydrogen-bond donors (Lipinski definition) is 1. The van der Waals surface area contributed by atoms with Crippen LogP contribution >= 0.6 is 11.8 Å². The van der Waals surface area contributed by atoms with Gasteiger partial charge in [0.15, 0.2) is 5.82 Å². The molecule has 1 aromatic heterocycles. The minimum absolute atomic E-state index is 0.442. The van der Waals surface area contributed by atoms with Crippen molar-refractivity contribution in [3.8, 4) is 0 Å². The molecule has 0 radical (unpaired) electrons. The van der Waals surface area contributed by atoms with Crippen molar-refractivity contribution in [3.63, 3.8) is 0 Å². The van der Waals surface area contributed by atoms with Crippen LogP contribution in [0.3, 0.4) is 0 Å². The molecule has 2 heterocycles. The Morgan fingerprint density at radius 3 is 2.95 bits per heavy atom. The molecule has 0 amide bonds. The highest BCUT2D eigenvalue weighted by Gasteiger charge is 2.22. The summed E-state index contributed by atoms with van der Waals surface area (Å²) in [4.78, 5) is 4.50. The Morgan fingerprint density at radius 2 is 2.20 bits per heavy atom. The van der Waals surface area contributed by atoms with E-state index in [0.29, 0.717) is 5.25 Å². The Hall–Kier alpha value is -1.49. The van der Waals surface area contributed by atoms with Gasteiger partial charge in [-0.2, -0.15) is 16.7 Å². The summed E-state index contributed by atoms with van der Waals surface area (Å²) < 4.78 is 5.32. The molecule has 20 heavy (non-hydrogen) atoms. The van der Waals surface area contributed by atoms with Gasteiger partial charge in [0.1, 0.15) is 0 Å². The summed E-state index contributed by atoms with van der Waals surface area (Å²) in [5, 5.41) is 7.91. The number of nitrogens with one attached hydrogen (secondary N) is 1. The zero-order valence-corrected chi connectivity index (χ0v) is 12.4. The fourth-order valence-electron chi connectivity index (χ4n) is 2.27. The fraction of sp³-hybridized carbons (Fsp3) is 0.467. The maximum absolute atomic E-state index is 5.32. The van der Waals surface area contributed by atoms with E-state index in [0.717, 1.165) is 30.4 Å². The molecule has 2 aromatic rings. The molecule has 1 aliphatic heterocycles. The molecule has 1 aromatic carbocycles. The van der Waals surface area contributed by atoms with E-state index in [1.165, 1.54) is 24.2 Å². The Balaban J connectivity index is 1.49. The van der Waals surface area contributed by atoms with Gasteiger partial charge < -0.3 is 9.84 Å². The molecule has 0 spiro atoms. The van der Waals surface area contributed by atoms with E-state index in [2.05, 4.69) is 46.6 Å². The zero-order valence-electron chi connectivity index (χ0n) is 11.6. The summed E-state index contributed by atoms with van der Waals surface area (Å²) >= 11 is 1.93. The maximum atomic E-state index is 5.32. The van der Waals surface area contributed by atoms with Crippen molar-refractivity contribution in [1.82, 2.24) is 10.1 Å². The molecular formula is C15H19N3OS. The van der Waals surface area contributed by atoms with Crippen molar-refractivity contribution in [1.29, 1.82) is 0 Å². The molecule has 1 N–H and O–H groups in total. The largest absolute Gasteiger partial charge is 0.385 e. The summed E-state index contributed by atoms with van der Waals surface area (Å²) in [6, 6.07) is 8.38. The van der Waals surface area contributed by atoms with Gasteiger partial charge in [0.05, 0.1) is 5.25 Å². The summed E-state index contributed by atoms with van der Waals surface area (Å²) in [6.45, 7) is 2.90. The average Bonchev–Trinajstić information content (AvgIpc) is 3.11. The Labute approximate surface area is 123 Å². The molecule has 3 rings (SSSR count). The summed E-state index contributed by atoms with van der Waals surface area (Å²) in [5.41, 5.74) is 2.40. The van der Waals surface area contributed by atoms with Crippen LogP contribution in [0.5, 0.6) is 0 Å². The van der Waals surface area contributed by atoms with Crippen LogP contribution in [0.25, 0.3) is 0 Å². The van der Waals surface area contributed by atoms with Gasteiger partial charge in [0.25, 0.3) is 0 Å². The van der Waals surface area contributed by atoms with Crippen LogP contribution in [0, 0.1) is 6.92 Å². The van der Waals surface area contributed by atoms with E-state index in [1.807, 2.05) is 11.8 Å². The molecule has 5 heteroatoms. The molecule has 1 aliphatic rings. The van der Waals surface area contributed by atoms with Crippen LogP contribution in [-0.2, 0) is 6.42 Å². The topological polar surface area (TPSA) is 51.0 Å². The van der Waals surface area contributed by atoms with E-state index >= 15 is 0 Å². The van der Waals surface area contributed by atoms with Gasteiger partial charge in [-0.15, -0.1) is 0 Å². The molecule has 0 bridgehead atoms. The number of anilines is 1. The first-order valence-corrected chi connectivity index (χ1v) is 8.11. The molecule has 1 saturated heterocycles. The lowest BCUT2D eigenvalue weighted by Crippen LogP contribution is -2.05. The van der Waals surface area contributed by atoms with E-state index < -0.39 is 0 Å². The predicted molar refractivity (Wildman–Crippen MR) is 82.1 cm³/mol. The van der Waals surface area contributed by atoms with E-state index in [4.69, 9.17) is 4.52 Å². The molecule has 1 atom stereocenters. The van der Waals surface area contributed by atoms with Gasteiger partial charge in [-0.3, -0.25) is 0 Å². The van der Waals surface area contributed by atoms with Crippen LogP contribution in [0.15, 0.2) is 28.8 Å². The van der Waals surface area contributed by atoms with E-state index in [9.17, 15) is 0 Å². The second kappa shape index (κ2) is 6.31. The number of hydrogen-bond acceptors (Lipinski definition) is 5. The number of aromatic nitrogens is 2. The first kappa shape index (κ1) is 13.5. The standard InChI is InChI=1S/C15H19N3OS/c1-11-4-6-12(7-5-11)16-9-8-14-17-15(18-19-14)13-3-2-10-20-13/h4-7,13,16H,2-3,8-10H2,1H3. The summed E-state index contributed by atoms with van der Waals surface area (Å²) in [7, 11) is 0. The minimum atomic E-state index is 0.442. The minimum Gasteiger partial charge on any atom is -0.385 e. The van der Waals surface area contributed by atoms with Gasteiger partial charge in [-0.05, 0) is 37.7 Å². The number of nitrogens with zero attached hydrogens (tertiary/aromatic N) is 2. The summed E-state index contributed by atoms with van der Waals surface area (Å²) in [5.74, 6) is 2.81. The predicted octanol–water partition coefficient (Wildman–Crippen LogP) is 3.60. The molecule has 1 fully saturated rings. The normalized spacial score (nSPS) is 18.4. The summed E-state index contributed by atoms with van der Waals surface area (Å²) in [6.07, 6.45) is 3.19. The van der Waals surface area contributed by atoms with Gasteiger partial charge in [-0.1, -0.05) is 22.9 Å². The smallest absolute Gasteiger partial charge is 0.228 e. The maximum Gasteiger partial charge on any atom is 0.228 e. The first-order chi connectivity index (χ1) is 9.81.